The van der Waals surface area contributed by atoms with Crippen LogP contribution in [0.1, 0.15) is 19.8 Å². The minimum absolute atomic E-state index is 0.0826. The van der Waals surface area contributed by atoms with Crippen LogP contribution in [0.4, 0.5) is 4.79 Å². The summed E-state index contributed by atoms with van der Waals surface area (Å²) >= 11 is 1.51. The highest BCUT2D eigenvalue weighted by atomic mass is 32.2. The lowest BCUT2D eigenvalue weighted by molar-refractivity contribution is -0.141. The van der Waals surface area contributed by atoms with E-state index in [-0.39, 0.29) is 11.4 Å². The van der Waals surface area contributed by atoms with Gasteiger partial charge < -0.3 is 14.7 Å². The Labute approximate surface area is 123 Å². The first kappa shape index (κ1) is 15.4. The molecule has 0 spiro atoms. The number of hydrogen-bond acceptors (Lipinski definition) is 4. The maximum absolute atomic E-state index is 12.5. The van der Waals surface area contributed by atoms with Crippen molar-refractivity contribution in [3.05, 3.63) is 0 Å². The summed E-state index contributed by atoms with van der Waals surface area (Å²) < 4.78 is 5.31. The van der Waals surface area contributed by atoms with Gasteiger partial charge in [0.25, 0.3) is 0 Å². The van der Waals surface area contributed by atoms with Gasteiger partial charge in [-0.2, -0.15) is 0 Å². The molecule has 2 amide bonds. The molecule has 2 unspecified atom stereocenters. The van der Waals surface area contributed by atoms with Gasteiger partial charge in [-0.3, -0.25) is 4.90 Å². The smallest absolute Gasteiger partial charge is 0.327 e. The topological polar surface area (TPSA) is 70.1 Å². The monoisotopic (exact) mass is 302 g/mol. The van der Waals surface area contributed by atoms with E-state index in [1.165, 1.54) is 16.7 Å². The van der Waals surface area contributed by atoms with Crippen molar-refractivity contribution in [3.63, 3.8) is 0 Å². The van der Waals surface area contributed by atoms with E-state index in [9.17, 15) is 14.7 Å². The summed E-state index contributed by atoms with van der Waals surface area (Å²) in [4.78, 5) is 26.9. The van der Waals surface area contributed by atoms with E-state index in [1.54, 1.807) is 11.9 Å². The summed E-state index contributed by atoms with van der Waals surface area (Å²) in [7, 11) is 1.76. The van der Waals surface area contributed by atoms with Gasteiger partial charge in [-0.25, -0.2) is 9.59 Å². The fourth-order valence-electron chi connectivity index (χ4n) is 2.72. The Bertz CT molecular complexity index is 373. The standard InChI is InChI=1S/C13H22N2O4S/c1-9-15(11(8-20-9)12(16)17)13(18)14(2)7-10-3-5-19-6-4-10/h9-11H,3-8H2,1-2H3,(H,16,17). The van der Waals surface area contributed by atoms with Gasteiger partial charge in [-0.15, -0.1) is 11.8 Å². The Morgan fingerprint density at radius 3 is 2.65 bits per heavy atom. The molecule has 1 N–H and O–H groups in total. The average Bonchev–Trinajstić information content (AvgIpc) is 2.81. The highest BCUT2D eigenvalue weighted by molar-refractivity contribution is 8.00. The van der Waals surface area contributed by atoms with Crippen LogP contribution >= 0.6 is 11.8 Å². The van der Waals surface area contributed by atoms with Crippen LogP contribution in [0.2, 0.25) is 0 Å². The van der Waals surface area contributed by atoms with Crippen LogP contribution in [0.25, 0.3) is 0 Å². The molecule has 0 aliphatic carbocycles. The number of urea groups is 1. The molecule has 2 aliphatic rings. The van der Waals surface area contributed by atoms with E-state index in [4.69, 9.17) is 4.74 Å². The Morgan fingerprint density at radius 2 is 2.05 bits per heavy atom. The molecule has 0 aromatic carbocycles. The number of carboxylic acids is 1. The Balaban J connectivity index is 1.95. The number of hydrogen-bond donors (Lipinski definition) is 1. The molecule has 6 nitrogen and oxygen atoms in total. The molecule has 2 saturated heterocycles. The first-order valence-corrected chi connectivity index (χ1v) is 8.01. The minimum atomic E-state index is -0.922. The normalized spacial score (nSPS) is 27.6. The van der Waals surface area contributed by atoms with Crippen molar-refractivity contribution in [2.45, 2.75) is 31.2 Å². The summed E-state index contributed by atoms with van der Waals surface area (Å²) in [5, 5.41) is 9.13. The first-order valence-electron chi connectivity index (χ1n) is 6.96. The highest BCUT2D eigenvalue weighted by Gasteiger charge is 2.40. The van der Waals surface area contributed by atoms with E-state index in [1.807, 2.05) is 6.92 Å². The van der Waals surface area contributed by atoms with Crippen LogP contribution in [-0.4, -0.2) is 70.9 Å². The Kier molecular flexibility index (Phi) is 5.15. The molecule has 20 heavy (non-hydrogen) atoms. The third kappa shape index (κ3) is 3.38. The molecular weight excluding hydrogens is 280 g/mol. The van der Waals surface area contributed by atoms with Gasteiger partial charge >= 0.3 is 12.0 Å². The van der Waals surface area contributed by atoms with Crippen LogP contribution < -0.4 is 0 Å². The van der Waals surface area contributed by atoms with Crippen molar-refractivity contribution in [2.75, 3.05) is 32.6 Å². The number of aliphatic carboxylic acids is 1. The van der Waals surface area contributed by atoms with Gasteiger partial charge in [0.05, 0.1) is 5.37 Å². The number of rotatable bonds is 3. The maximum atomic E-state index is 12.5. The molecule has 0 saturated carbocycles. The average molecular weight is 302 g/mol. The van der Waals surface area contributed by atoms with Gasteiger partial charge in [0.15, 0.2) is 0 Å². The number of ether oxygens (including phenoxy) is 1. The van der Waals surface area contributed by atoms with Crippen LogP contribution in [0.5, 0.6) is 0 Å². The van der Waals surface area contributed by atoms with Gasteiger partial charge in [0.2, 0.25) is 0 Å². The largest absolute Gasteiger partial charge is 0.480 e. The van der Waals surface area contributed by atoms with Crippen molar-refractivity contribution in [1.29, 1.82) is 0 Å². The second kappa shape index (κ2) is 6.67. The van der Waals surface area contributed by atoms with Gasteiger partial charge in [-0.05, 0) is 25.7 Å². The van der Waals surface area contributed by atoms with E-state index in [0.717, 1.165) is 26.1 Å². The molecular formula is C13H22N2O4S. The molecule has 114 valence electrons. The van der Waals surface area contributed by atoms with Gasteiger partial charge in [-0.1, -0.05) is 0 Å². The first-order chi connectivity index (χ1) is 9.50. The molecule has 0 bridgehead atoms. The highest BCUT2D eigenvalue weighted by Crippen LogP contribution is 2.30. The van der Waals surface area contributed by atoms with Crippen LogP contribution in [0.3, 0.4) is 0 Å². The fourth-order valence-corrected chi connectivity index (χ4v) is 3.88. The second-order valence-corrected chi connectivity index (χ2v) is 6.76. The van der Waals surface area contributed by atoms with Crippen LogP contribution in [0, 0.1) is 5.92 Å². The number of carbonyl (C=O) groups excluding carboxylic acids is 1. The zero-order valence-electron chi connectivity index (χ0n) is 11.9. The summed E-state index contributed by atoms with van der Waals surface area (Å²) in [5.41, 5.74) is 0. The van der Waals surface area contributed by atoms with Crippen molar-refractivity contribution in [3.8, 4) is 0 Å². The SMILES string of the molecule is CC1SCC(C(=O)O)N1C(=O)N(C)CC1CCOCC1. The van der Waals surface area contributed by atoms with Gasteiger partial charge in [0.1, 0.15) is 6.04 Å². The van der Waals surface area contributed by atoms with Crippen molar-refractivity contribution < 1.29 is 19.4 Å². The van der Waals surface area contributed by atoms with Crippen molar-refractivity contribution >= 4 is 23.8 Å². The fraction of sp³-hybridized carbons (Fsp3) is 0.846. The molecule has 2 aliphatic heterocycles. The summed E-state index contributed by atoms with van der Waals surface area (Å²) in [6, 6.07) is -0.888. The number of thioether (sulfide) groups is 1. The zero-order chi connectivity index (χ0) is 14.7. The zero-order valence-corrected chi connectivity index (χ0v) is 12.8. The number of carboxylic acid groups (broad SMARTS) is 1. The minimum Gasteiger partial charge on any atom is -0.480 e. The number of nitrogens with zero attached hydrogens (tertiary/aromatic N) is 2. The summed E-state index contributed by atoms with van der Waals surface area (Å²) in [5.74, 6) is -0.00548. The lowest BCUT2D eigenvalue weighted by atomic mass is 10.00. The molecule has 2 atom stereocenters. The van der Waals surface area contributed by atoms with Crippen molar-refractivity contribution in [2.24, 2.45) is 5.92 Å². The van der Waals surface area contributed by atoms with E-state index >= 15 is 0 Å². The van der Waals surface area contributed by atoms with Crippen molar-refractivity contribution in [1.82, 2.24) is 9.80 Å². The van der Waals surface area contributed by atoms with Crippen LogP contribution in [-0.2, 0) is 9.53 Å². The maximum Gasteiger partial charge on any atom is 0.327 e. The predicted molar refractivity (Wildman–Crippen MR) is 76.8 cm³/mol. The molecule has 0 radical (unpaired) electrons. The molecule has 0 aromatic rings. The predicted octanol–water partition coefficient (Wildman–Crippen LogP) is 1.31. The molecule has 2 rings (SSSR count). The third-order valence-electron chi connectivity index (χ3n) is 3.93. The van der Waals surface area contributed by atoms with Gasteiger partial charge in [0, 0.05) is 32.6 Å². The Morgan fingerprint density at radius 1 is 1.40 bits per heavy atom. The number of carbonyl (C=O) groups is 2. The third-order valence-corrected chi connectivity index (χ3v) is 5.15. The van der Waals surface area contributed by atoms with E-state index in [2.05, 4.69) is 0 Å². The molecule has 2 fully saturated rings. The Hall–Kier alpha value is -0.950. The number of amides is 2. The van der Waals surface area contributed by atoms with E-state index in [0.29, 0.717) is 18.2 Å². The quantitative estimate of drug-likeness (QED) is 0.851. The van der Waals surface area contributed by atoms with E-state index < -0.39 is 12.0 Å². The molecule has 0 aromatic heterocycles. The second-order valence-electron chi connectivity index (χ2n) is 5.41. The lowest BCUT2D eigenvalue weighted by Crippen LogP contribution is -2.51. The summed E-state index contributed by atoms with van der Waals surface area (Å²) in [6.07, 6.45) is 1.93. The molecule has 7 heteroatoms. The molecule has 2 heterocycles. The van der Waals surface area contributed by atoms with Crippen LogP contribution in [0.15, 0.2) is 0 Å². The summed E-state index contributed by atoms with van der Waals surface area (Å²) in [6.45, 7) is 4.05. The lowest BCUT2D eigenvalue weighted by Gasteiger charge is -2.33.